The molecule has 0 aliphatic rings. The number of nitrogen functional groups attached to an aromatic ring is 1. The number of nitrogens with one attached hydrogen (secondary N) is 1. The van der Waals surface area contributed by atoms with Crippen LogP contribution in [0, 0.1) is 0 Å². The molecule has 3 N–H and O–H groups in total. The van der Waals surface area contributed by atoms with Crippen molar-refractivity contribution in [3.63, 3.8) is 0 Å². The van der Waals surface area contributed by atoms with Crippen molar-refractivity contribution in [3.8, 4) is 17.2 Å². The lowest BCUT2D eigenvalue weighted by molar-refractivity contribution is 0.379. The third-order valence-electron chi connectivity index (χ3n) is 3.20. The van der Waals surface area contributed by atoms with Crippen LogP contribution in [0.4, 0.5) is 5.82 Å². The first-order chi connectivity index (χ1) is 10.2. The Bertz CT molecular complexity index is 782. The molecule has 6 nitrogen and oxygen atoms in total. The molecule has 2 heterocycles. The van der Waals surface area contributed by atoms with E-state index in [1.165, 1.54) is 0 Å². The molecule has 1 aromatic carbocycles. The summed E-state index contributed by atoms with van der Waals surface area (Å²) < 4.78 is 13.2. The lowest BCUT2D eigenvalue weighted by Crippen LogP contribution is -2.06. The Morgan fingerprint density at radius 2 is 2.05 bits per heavy atom. The van der Waals surface area contributed by atoms with Crippen molar-refractivity contribution in [1.29, 1.82) is 0 Å². The molecule has 0 aliphatic heterocycles. The van der Waals surface area contributed by atoms with Gasteiger partial charge in [-0.2, -0.15) is 0 Å². The molecular weight excluding hydrogens is 268 g/mol. The number of pyridine rings is 1. The summed E-state index contributed by atoms with van der Waals surface area (Å²) in [6.07, 6.45) is 3.55. The van der Waals surface area contributed by atoms with Gasteiger partial charge in [0.25, 0.3) is 0 Å². The van der Waals surface area contributed by atoms with Crippen LogP contribution in [0.25, 0.3) is 10.9 Å². The number of hydrogen-bond donors (Lipinski definition) is 2. The van der Waals surface area contributed by atoms with Crippen LogP contribution < -0.4 is 20.6 Å². The van der Waals surface area contributed by atoms with E-state index in [1.54, 1.807) is 25.4 Å². The van der Waals surface area contributed by atoms with Crippen molar-refractivity contribution >= 4 is 16.7 Å². The lowest BCUT2D eigenvalue weighted by atomic mass is 10.2. The summed E-state index contributed by atoms with van der Waals surface area (Å²) in [6.45, 7) is 0. The Balaban J connectivity index is 2.05. The van der Waals surface area contributed by atoms with Gasteiger partial charge in [-0.25, -0.2) is 4.98 Å². The normalized spacial score (nSPS) is 10.6. The van der Waals surface area contributed by atoms with Crippen LogP contribution in [0.1, 0.15) is 0 Å². The Morgan fingerprint density at radius 3 is 2.76 bits per heavy atom. The fourth-order valence-corrected chi connectivity index (χ4v) is 2.19. The van der Waals surface area contributed by atoms with E-state index in [0.29, 0.717) is 23.1 Å². The van der Waals surface area contributed by atoms with Crippen molar-refractivity contribution in [2.45, 2.75) is 0 Å². The number of nitrogens with zero attached hydrogens (tertiary/aromatic N) is 2. The summed E-state index contributed by atoms with van der Waals surface area (Å²) in [5.74, 6) is 2.31. The van der Waals surface area contributed by atoms with Crippen molar-refractivity contribution < 1.29 is 9.47 Å². The van der Waals surface area contributed by atoms with Crippen molar-refractivity contribution in [2.75, 3.05) is 25.3 Å². The van der Waals surface area contributed by atoms with Gasteiger partial charge in [-0.1, -0.05) is 0 Å². The summed E-state index contributed by atoms with van der Waals surface area (Å²) in [7, 11) is 3.47. The van der Waals surface area contributed by atoms with Crippen molar-refractivity contribution in [3.05, 3.63) is 42.7 Å². The number of fused-ring (bicyclic) bond motifs is 1. The van der Waals surface area contributed by atoms with Crippen LogP contribution in [0.3, 0.4) is 0 Å². The average Bonchev–Trinajstić information content (AvgIpc) is 2.88. The molecule has 0 saturated heterocycles. The van der Waals surface area contributed by atoms with Crippen LogP contribution in [-0.2, 0) is 0 Å². The summed E-state index contributed by atoms with van der Waals surface area (Å²) >= 11 is 0. The number of ether oxygens (including phenoxy) is 2. The van der Waals surface area contributed by atoms with Gasteiger partial charge in [0.05, 0.1) is 12.6 Å². The minimum absolute atomic E-state index is 0.411. The van der Waals surface area contributed by atoms with E-state index in [9.17, 15) is 0 Å². The van der Waals surface area contributed by atoms with E-state index in [0.717, 1.165) is 10.9 Å². The van der Waals surface area contributed by atoms with Crippen LogP contribution >= 0.6 is 0 Å². The molecule has 0 saturated carbocycles. The molecule has 2 aromatic heterocycles. The predicted octanol–water partition coefficient (Wildman–Crippen LogP) is 2.59. The summed E-state index contributed by atoms with van der Waals surface area (Å²) in [6, 6.07) is 9.27. The van der Waals surface area contributed by atoms with Gasteiger partial charge in [-0.3, -0.25) is 4.68 Å². The highest BCUT2D eigenvalue weighted by molar-refractivity contribution is 5.84. The quantitative estimate of drug-likeness (QED) is 0.770. The minimum Gasteiger partial charge on any atom is -0.493 e. The molecule has 0 spiro atoms. The monoisotopic (exact) mass is 284 g/mol. The first-order valence-electron chi connectivity index (χ1n) is 6.47. The zero-order chi connectivity index (χ0) is 14.8. The van der Waals surface area contributed by atoms with Gasteiger partial charge in [-0.15, -0.1) is 0 Å². The van der Waals surface area contributed by atoms with Gasteiger partial charge < -0.3 is 20.6 Å². The van der Waals surface area contributed by atoms with E-state index < -0.39 is 0 Å². The standard InChI is InChI=1S/C15H16N4O2/c1-17-19-6-4-10-7-14(13(20-2)9-12(10)19)21-11-3-5-18-15(16)8-11/h3-9,17H,1-2H3,(H2,16,18). The van der Waals surface area contributed by atoms with Crippen LogP contribution in [0.15, 0.2) is 42.7 Å². The van der Waals surface area contributed by atoms with Crippen molar-refractivity contribution in [2.24, 2.45) is 0 Å². The number of aromatic nitrogens is 2. The first-order valence-corrected chi connectivity index (χ1v) is 6.47. The second kappa shape index (κ2) is 5.24. The van der Waals surface area contributed by atoms with Crippen LogP contribution in [-0.4, -0.2) is 23.8 Å². The highest BCUT2D eigenvalue weighted by Gasteiger charge is 2.11. The second-order valence-electron chi connectivity index (χ2n) is 4.49. The van der Waals surface area contributed by atoms with Gasteiger partial charge in [0.15, 0.2) is 11.5 Å². The number of hydrogen-bond acceptors (Lipinski definition) is 5. The number of anilines is 1. The molecule has 0 radical (unpaired) electrons. The zero-order valence-electron chi connectivity index (χ0n) is 11.8. The molecule has 0 atom stereocenters. The zero-order valence-corrected chi connectivity index (χ0v) is 11.8. The molecule has 21 heavy (non-hydrogen) atoms. The maximum Gasteiger partial charge on any atom is 0.170 e. The Morgan fingerprint density at radius 1 is 1.19 bits per heavy atom. The van der Waals surface area contributed by atoms with Crippen molar-refractivity contribution in [1.82, 2.24) is 9.66 Å². The third kappa shape index (κ3) is 2.43. The molecule has 108 valence electrons. The molecule has 0 aliphatic carbocycles. The maximum absolute atomic E-state index is 5.86. The molecule has 0 fully saturated rings. The maximum atomic E-state index is 5.86. The number of nitrogens with two attached hydrogens (primary N) is 1. The topological polar surface area (TPSA) is 74.3 Å². The molecular formula is C15H16N4O2. The van der Waals surface area contributed by atoms with Gasteiger partial charge in [0, 0.05) is 37.0 Å². The number of methoxy groups -OCH3 is 1. The van der Waals surface area contributed by atoms with Gasteiger partial charge in [0.1, 0.15) is 11.6 Å². The number of benzene rings is 1. The number of rotatable bonds is 4. The smallest absolute Gasteiger partial charge is 0.170 e. The van der Waals surface area contributed by atoms with E-state index >= 15 is 0 Å². The molecule has 3 rings (SSSR count). The van der Waals surface area contributed by atoms with Gasteiger partial charge >= 0.3 is 0 Å². The summed E-state index contributed by atoms with van der Waals surface area (Å²) in [4.78, 5) is 3.94. The average molecular weight is 284 g/mol. The second-order valence-corrected chi connectivity index (χ2v) is 4.49. The van der Waals surface area contributed by atoms with E-state index in [1.807, 2.05) is 36.1 Å². The van der Waals surface area contributed by atoms with Gasteiger partial charge in [-0.05, 0) is 18.2 Å². The first kappa shape index (κ1) is 13.1. The summed E-state index contributed by atoms with van der Waals surface area (Å²) in [5.41, 5.74) is 9.74. The fourth-order valence-electron chi connectivity index (χ4n) is 2.19. The van der Waals surface area contributed by atoms with E-state index in [-0.39, 0.29) is 0 Å². The van der Waals surface area contributed by atoms with Crippen LogP contribution in [0.2, 0.25) is 0 Å². The molecule has 0 bridgehead atoms. The highest BCUT2D eigenvalue weighted by Crippen LogP contribution is 2.35. The Labute approximate surface area is 122 Å². The van der Waals surface area contributed by atoms with E-state index in [2.05, 4.69) is 10.4 Å². The highest BCUT2D eigenvalue weighted by atomic mass is 16.5. The Kier molecular flexibility index (Phi) is 3.27. The Hall–Kier alpha value is -2.89. The van der Waals surface area contributed by atoms with E-state index in [4.69, 9.17) is 15.2 Å². The molecule has 0 amide bonds. The third-order valence-corrected chi connectivity index (χ3v) is 3.20. The SMILES string of the molecule is CNn1ccc2cc(Oc3ccnc(N)c3)c(OC)cc21. The summed E-state index contributed by atoms with van der Waals surface area (Å²) in [5, 5.41) is 1.04. The fraction of sp³-hybridized carbons (Fsp3) is 0.133. The molecule has 6 heteroatoms. The lowest BCUT2D eigenvalue weighted by Gasteiger charge is -2.12. The largest absolute Gasteiger partial charge is 0.493 e. The molecule has 3 aromatic rings. The molecule has 0 unspecified atom stereocenters. The van der Waals surface area contributed by atoms with Gasteiger partial charge in [0.2, 0.25) is 0 Å². The predicted molar refractivity (Wildman–Crippen MR) is 82.5 cm³/mol. The minimum atomic E-state index is 0.411. The van der Waals surface area contributed by atoms with Crippen LogP contribution in [0.5, 0.6) is 17.2 Å².